The average Bonchev–Trinajstić information content (AvgIpc) is 2.99. The first-order chi connectivity index (χ1) is 20.6. The van der Waals surface area contributed by atoms with Crippen LogP contribution in [0.4, 0.5) is 11.4 Å². The predicted molar refractivity (Wildman–Crippen MR) is 167 cm³/mol. The van der Waals surface area contributed by atoms with Crippen molar-refractivity contribution in [2.24, 2.45) is 5.73 Å². The molecule has 0 radical (unpaired) electrons. The van der Waals surface area contributed by atoms with E-state index < -0.39 is 29.4 Å². The van der Waals surface area contributed by atoms with Gasteiger partial charge in [0.05, 0.1) is 42.4 Å². The number of nitrogens with one attached hydrogen (secondary N) is 2. The SMILES string of the molecule is CCN(CC)c1cccc2c1N(Cc1ccccn1)C(=O)C(NC(=O)C(COCc1ccccc1)NC(=O)C(C)(C)N)C2. The molecule has 0 fully saturated rings. The third-order valence-electron chi connectivity index (χ3n) is 7.43. The van der Waals surface area contributed by atoms with Gasteiger partial charge in [-0.2, -0.15) is 0 Å². The molecule has 4 rings (SSSR count). The molecule has 43 heavy (non-hydrogen) atoms. The van der Waals surface area contributed by atoms with Crippen molar-refractivity contribution >= 4 is 29.1 Å². The summed E-state index contributed by atoms with van der Waals surface area (Å²) in [6.45, 7) is 9.25. The molecule has 0 saturated heterocycles. The van der Waals surface area contributed by atoms with E-state index in [0.29, 0.717) is 6.42 Å². The van der Waals surface area contributed by atoms with Gasteiger partial charge >= 0.3 is 0 Å². The lowest BCUT2D eigenvalue weighted by Crippen LogP contribution is -2.60. The Morgan fingerprint density at radius 1 is 1.07 bits per heavy atom. The van der Waals surface area contributed by atoms with Crippen molar-refractivity contribution in [2.45, 2.75) is 64.9 Å². The maximum absolute atomic E-state index is 14.1. The Kier molecular flexibility index (Phi) is 10.5. The number of carbonyl (C=O) groups is 3. The number of nitrogens with zero attached hydrogens (tertiary/aromatic N) is 3. The molecule has 2 heterocycles. The second kappa shape index (κ2) is 14.3. The number of benzene rings is 2. The molecule has 0 spiro atoms. The normalized spacial score (nSPS) is 15.4. The van der Waals surface area contributed by atoms with Crippen molar-refractivity contribution in [1.82, 2.24) is 15.6 Å². The fourth-order valence-corrected chi connectivity index (χ4v) is 5.07. The Balaban J connectivity index is 1.60. The molecule has 3 amide bonds. The number of anilines is 2. The fourth-order valence-electron chi connectivity index (χ4n) is 5.07. The first-order valence-corrected chi connectivity index (χ1v) is 14.7. The van der Waals surface area contributed by atoms with Crippen molar-refractivity contribution in [1.29, 1.82) is 0 Å². The van der Waals surface area contributed by atoms with E-state index >= 15 is 0 Å². The maximum Gasteiger partial charge on any atom is 0.250 e. The molecule has 2 unspecified atom stereocenters. The van der Waals surface area contributed by atoms with Crippen LogP contribution in [0.1, 0.15) is 44.5 Å². The van der Waals surface area contributed by atoms with E-state index in [1.54, 1.807) is 24.9 Å². The van der Waals surface area contributed by atoms with Crippen molar-refractivity contribution < 1.29 is 19.1 Å². The summed E-state index contributed by atoms with van der Waals surface area (Å²) in [5.74, 6) is -1.28. The lowest BCUT2D eigenvalue weighted by atomic mass is 9.94. The van der Waals surface area contributed by atoms with Crippen LogP contribution in [0.3, 0.4) is 0 Å². The van der Waals surface area contributed by atoms with E-state index in [9.17, 15) is 14.4 Å². The van der Waals surface area contributed by atoms with Crippen LogP contribution < -0.4 is 26.2 Å². The Morgan fingerprint density at radius 2 is 1.79 bits per heavy atom. The van der Waals surface area contributed by atoms with Gasteiger partial charge in [-0.15, -0.1) is 0 Å². The van der Waals surface area contributed by atoms with Gasteiger partial charge in [0.25, 0.3) is 0 Å². The zero-order valence-corrected chi connectivity index (χ0v) is 25.4. The highest BCUT2D eigenvalue weighted by atomic mass is 16.5. The number of hydrogen-bond acceptors (Lipinski definition) is 7. The Morgan fingerprint density at radius 3 is 2.44 bits per heavy atom. The van der Waals surface area contributed by atoms with Crippen molar-refractivity contribution in [3.63, 3.8) is 0 Å². The highest BCUT2D eigenvalue weighted by molar-refractivity contribution is 6.05. The van der Waals surface area contributed by atoms with Crippen LogP contribution in [0, 0.1) is 0 Å². The number of ether oxygens (including phenoxy) is 1. The summed E-state index contributed by atoms with van der Waals surface area (Å²) < 4.78 is 5.83. The van der Waals surface area contributed by atoms with Gasteiger partial charge in [0.15, 0.2) is 0 Å². The van der Waals surface area contributed by atoms with E-state index in [1.165, 1.54) is 0 Å². The van der Waals surface area contributed by atoms with Gasteiger partial charge in [0.1, 0.15) is 12.1 Å². The van der Waals surface area contributed by atoms with E-state index in [2.05, 4.69) is 34.4 Å². The maximum atomic E-state index is 14.1. The summed E-state index contributed by atoms with van der Waals surface area (Å²) in [7, 11) is 0. The lowest BCUT2D eigenvalue weighted by Gasteiger charge is -2.38. The number of amides is 3. The van der Waals surface area contributed by atoms with Crippen LogP contribution in [0.2, 0.25) is 0 Å². The van der Waals surface area contributed by atoms with E-state index in [4.69, 9.17) is 10.5 Å². The summed E-state index contributed by atoms with van der Waals surface area (Å²) >= 11 is 0. The molecule has 228 valence electrons. The Labute approximate surface area is 253 Å². The van der Waals surface area contributed by atoms with Gasteiger partial charge in [-0.1, -0.05) is 48.5 Å². The number of fused-ring (bicyclic) bond motifs is 1. The molecule has 2 aromatic carbocycles. The molecule has 0 aliphatic carbocycles. The molecule has 1 aromatic heterocycles. The molecule has 10 heteroatoms. The van der Waals surface area contributed by atoms with Crippen LogP contribution in [0.15, 0.2) is 72.9 Å². The van der Waals surface area contributed by atoms with Crippen LogP contribution in [0.5, 0.6) is 0 Å². The Bertz CT molecular complexity index is 1390. The average molecular weight is 587 g/mol. The number of carbonyl (C=O) groups excluding carboxylic acids is 3. The number of para-hydroxylation sites is 1. The quantitative estimate of drug-likeness (QED) is 0.281. The summed E-state index contributed by atoms with van der Waals surface area (Å²) in [6.07, 6.45) is 2.00. The van der Waals surface area contributed by atoms with Gasteiger partial charge in [-0.3, -0.25) is 19.4 Å². The van der Waals surface area contributed by atoms with E-state index in [0.717, 1.165) is 41.3 Å². The summed E-state index contributed by atoms with van der Waals surface area (Å²) in [5.41, 5.74) is 9.18. The minimum absolute atomic E-state index is 0.0934. The van der Waals surface area contributed by atoms with Gasteiger partial charge in [-0.25, -0.2) is 0 Å². The molecule has 3 aromatic rings. The zero-order valence-electron chi connectivity index (χ0n) is 25.4. The monoisotopic (exact) mass is 586 g/mol. The smallest absolute Gasteiger partial charge is 0.250 e. The molecule has 1 aliphatic heterocycles. The van der Waals surface area contributed by atoms with Crippen molar-refractivity contribution in [3.8, 4) is 0 Å². The zero-order chi connectivity index (χ0) is 31.0. The predicted octanol–water partition coefficient (Wildman–Crippen LogP) is 2.94. The van der Waals surface area contributed by atoms with Crippen LogP contribution in [-0.4, -0.2) is 60.0 Å². The molecule has 1 aliphatic rings. The first kappa shape index (κ1) is 31.7. The second-order valence-corrected chi connectivity index (χ2v) is 11.2. The number of hydrogen-bond donors (Lipinski definition) is 3. The summed E-state index contributed by atoms with van der Waals surface area (Å²) in [5, 5.41) is 5.62. The number of pyridine rings is 1. The standard InChI is InChI=1S/C33H42N6O4/c1-5-38(6-2)28-17-12-15-24-19-26(31(41)39(29(24)28)20-25-16-10-11-18-35-25)36-30(40)27(37-32(42)33(3,4)34)22-43-21-23-13-8-7-9-14-23/h7-18,26-27H,5-6,19-22,34H2,1-4H3,(H,36,40)(H,37,42). The van der Waals surface area contributed by atoms with Crippen LogP contribution >= 0.6 is 0 Å². The van der Waals surface area contributed by atoms with Gasteiger partial charge < -0.3 is 30.9 Å². The molecular formula is C33H42N6O4. The van der Waals surface area contributed by atoms with Crippen LogP contribution in [0.25, 0.3) is 0 Å². The topological polar surface area (TPSA) is 130 Å². The highest BCUT2D eigenvalue weighted by Gasteiger charge is 2.38. The minimum Gasteiger partial charge on any atom is -0.374 e. The number of nitrogens with two attached hydrogens (primary N) is 1. The van der Waals surface area contributed by atoms with Crippen molar-refractivity contribution in [2.75, 3.05) is 29.5 Å². The van der Waals surface area contributed by atoms with E-state index in [1.807, 2.05) is 66.7 Å². The molecule has 0 bridgehead atoms. The second-order valence-electron chi connectivity index (χ2n) is 11.2. The van der Waals surface area contributed by atoms with E-state index in [-0.39, 0.29) is 25.7 Å². The molecule has 10 nitrogen and oxygen atoms in total. The van der Waals surface area contributed by atoms with Gasteiger partial charge in [-0.05, 0) is 57.0 Å². The number of rotatable bonds is 13. The lowest BCUT2D eigenvalue weighted by molar-refractivity contribution is -0.134. The van der Waals surface area contributed by atoms with Gasteiger partial charge in [0.2, 0.25) is 17.7 Å². The third-order valence-corrected chi connectivity index (χ3v) is 7.43. The minimum atomic E-state index is -1.21. The van der Waals surface area contributed by atoms with Gasteiger partial charge in [0, 0.05) is 25.7 Å². The molecule has 0 saturated carbocycles. The molecular weight excluding hydrogens is 544 g/mol. The largest absolute Gasteiger partial charge is 0.374 e. The summed E-state index contributed by atoms with van der Waals surface area (Å²) in [6, 6.07) is 19.2. The highest BCUT2D eigenvalue weighted by Crippen LogP contribution is 2.38. The van der Waals surface area contributed by atoms with Crippen LogP contribution in [-0.2, 0) is 38.7 Å². The summed E-state index contributed by atoms with van der Waals surface area (Å²) in [4.78, 5) is 48.9. The number of aromatic nitrogens is 1. The first-order valence-electron chi connectivity index (χ1n) is 14.7. The fraction of sp³-hybridized carbons (Fsp3) is 0.394. The third kappa shape index (κ3) is 7.97. The molecule has 4 N–H and O–H groups in total. The Hall–Kier alpha value is -4.28. The molecule has 2 atom stereocenters. The van der Waals surface area contributed by atoms with Crippen molar-refractivity contribution in [3.05, 3.63) is 89.7 Å².